The summed E-state index contributed by atoms with van der Waals surface area (Å²) in [7, 11) is 0. The molecule has 0 unspecified atom stereocenters. The fraction of sp³-hybridized carbons (Fsp3) is 0.0741. The predicted octanol–water partition coefficient (Wildman–Crippen LogP) is 13.5. The largest absolute Gasteiger partial charge is 0.308 e. The molecule has 0 radical (unpaired) electrons. The van der Waals surface area contributed by atoms with Crippen molar-refractivity contribution in [3.63, 3.8) is 0 Å². The molecule has 0 fully saturated rings. The second kappa shape index (κ2) is 13.7. The Morgan fingerprint density at radius 1 is 0.379 bits per heavy atom. The number of hydrogen-bond donors (Lipinski definition) is 0. The van der Waals surface area contributed by atoms with Gasteiger partial charge in [0, 0.05) is 21.9 Å². The molecule has 0 N–H and O–H groups in total. The van der Waals surface area contributed by atoms with Crippen LogP contribution in [0.4, 0.5) is 5.69 Å². The van der Waals surface area contributed by atoms with Crippen LogP contribution < -0.4 is 4.90 Å². The number of para-hydroxylation sites is 1. The first-order valence-corrected chi connectivity index (χ1v) is 19.8. The van der Waals surface area contributed by atoms with Crippen molar-refractivity contribution in [1.29, 1.82) is 0 Å². The molecule has 0 bridgehead atoms. The fourth-order valence-electron chi connectivity index (χ4n) is 9.04. The van der Waals surface area contributed by atoms with E-state index in [4.69, 9.17) is 0 Å². The average molecular weight is 749 g/mol. The third kappa shape index (κ3) is 5.60. The summed E-state index contributed by atoms with van der Waals surface area (Å²) in [6.07, 6.45) is 0. The van der Waals surface area contributed by atoms with E-state index in [0.717, 1.165) is 55.2 Å². The van der Waals surface area contributed by atoms with Crippen LogP contribution in [0.3, 0.4) is 0 Å². The van der Waals surface area contributed by atoms with Crippen LogP contribution in [0, 0.1) is 27.7 Å². The van der Waals surface area contributed by atoms with Crippen molar-refractivity contribution in [2.75, 3.05) is 4.90 Å². The average Bonchev–Trinajstić information content (AvgIpc) is 3.70. The van der Waals surface area contributed by atoms with Gasteiger partial charge in [0.1, 0.15) is 0 Å². The monoisotopic (exact) mass is 748 g/mol. The van der Waals surface area contributed by atoms with Crippen molar-refractivity contribution in [2.24, 2.45) is 0 Å². The number of rotatable bonds is 6. The first-order valence-electron chi connectivity index (χ1n) is 19.8. The molecule has 2 amide bonds. The van der Waals surface area contributed by atoms with Gasteiger partial charge in [-0.15, -0.1) is 0 Å². The molecule has 0 saturated heterocycles. The smallest absolute Gasteiger partial charge is 0.268 e. The van der Waals surface area contributed by atoms with Crippen molar-refractivity contribution < 1.29 is 9.59 Å². The number of fused-ring (bicyclic) bond motifs is 4. The Hall–Kier alpha value is -7.30. The minimum Gasteiger partial charge on any atom is -0.308 e. The van der Waals surface area contributed by atoms with Crippen LogP contribution >= 0.6 is 0 Å². The van der Waals surface area contributed by atoms with E-state index >= 15 is 4.79 Å². The van der Waals surface area contributed by atoms with Gasteiger partial charge in [0.15, 0.2) is 0 Å². The van der Waals surface area contributed by atoms with E-state index in [9.17, 15) is 4.79 Å². The molecule has 2 heterocycles. The highest BCUT2D eigenvalue weighted by atomic mass is 16.2. The lowest BCUT2D eigenvalue weighted by Gasteiger charge is -2.23. The summed E-state index contributed by atoms with van der Waals surface area (Å²) in [4.78, 5) is 31.5. The van der Waals surface area contributed by atoms with E-state index < -0.39 is 0 Å². The number of amides is 2. The lowest BCUT2D eigenvalue weighted by molar-refractivity contribution is 0.0926. The Kier molecular flexibility index (Phi) is 8.31. The number of hydrogen-bond acceptors (Lipinski definition) is 2. The molecule has 1 aliphatic rings. The van der Waals surface area contributed by atoms with E-state index in [1.807, 2.05) is 91.0 Å². The van der Waals surface area contributed by atoms with Crippen LogP contribution in [0.5, 0.6) is 0 Å². The molecule has 1 aromatic heterocycles. The van der Waals surface area contributed by atoms with E-state index in [0.29, 0.717) is 22.5 Å². The predicted molar refractivity (Wildman–Crippen MR) is 239 cm³/mol. The van der Waals surface area contributed by atoms with Crippen LogP contribution in [0.15, 0.2) is 170 Å². The second-order valence-corrected chi connectivity index (χ2v) is 15.5. The van der Waals surface area contributed by atoms with Crippen molar-refractivity contribution in [3.05, 3.63) is 203 Å². The molecule has 1 aliphatic heterocycles. The van der Waals surface area contributed by atoms with Crippen molar-refractivity contribution >= 4 is 39.3 Å². The minimum atomic E-state index is -0.343. The van der Waals surface area contributed by atoms with E-state index in [1.54, 1.807) is 6.07 Å². The van der Waals surface area contributed by atoms with Gasteiger partial charge in [-0.1, -0.05) is 145 Å². The number of nitrogens with zero attached hydrogens (tertiary/aromatic N) is 2. The Morgan fingerprint density at radius 3 is 1.36 bits per heavy atom. The molecule has 9 aromatic rings. The van der Waals surface area contributed by atoms with Gasteiger partial charge in [-0.3, -0.25) is 9.59 Å². The number of carbonyl (C=O) groups excluding carboxylic acids is 2. The number of aromatic nitrogens is 1. The maximum Gasteiger partial charge on any atom is 0.268 e. The van der Waals surface area contributed by atoms with Gasteiger partial charge < -0.3 is 4.57 Å². The van der Waals surface area contributed by atoms with Gasteiger partial charge in [-0.25, -0.2) is 4.90 Å². The van der Waals surface area contributed by atoms with E-state index in [2.05, 4.69) is 105 Å². The van der Waals surface area contributed by atoms with Gasteiger partial charge >= 0.3 is 0 Å². The zero-order valence-corrected chi connectivity index (χ0v) is 32.9. The van der Waals surface area contributed by atoms with E-state index in [-0.39, 0.29) is 11.8 Å². The molecule has 0 saturated carbocycles. The Balaban J connectivity index is 1.21. The third-order valence-corrected chi connectivity index (χ3v) is 11.7. The highest BCUT2D eigenvalue weighted by molar-refractivity contribution is 6.37. The highest BCUT2D eigenvalue weighted by Gasteiger charge is 2.41. The number of imide groups is 1. The van der Waals surface area contributed by atoms with Gasteiger partial charge in [0.05, 0.1) is 33.5 Å². The molecule has 4 nitrogen and oxygen atoms in total. The second-order valence-electron chi connectivity index (χ2n) is 15.5. The molecule has 0 aliphatic carbocycles. The molecule has 278 valence electrons. The fourth-order valence-corrected chi connectivity index (χ4v) is 9.04. The summed E-state index contributed by atoms with van der Waals surface area (Å²) in [5.41, 5.74) is 16.9. The van der Waals surface area contributed by atoms with Gasteiger partial charge in [0.25, 0.3) is 11.8 Å². The topological polar surface area (TPSA) is 42.3 Å². The third-order valence-electron chi connectivity index (χ3n) is 11.7. The van der Waals surface area contributed by atoms with Crippen molar-refractivity contribution in [3.8, 4) is 50.2 Å². The summed E-state index contributed by atoms with van der Waals surface area (Å²) in [6.45, 7) is 8.57. The minimum absolute atomic E-state index is 0.336. The quantitative estimate of drug-likeness (QED) is 0.159. The highest BCUT2D eigenvalue weighted by Crippen LogP contribution is 2.45. The first-order chi connectivity index (χ1) is 28.3. The maximum absolute atomic E-state index is 15.3. The lowest BCUT2D eigenvalue weighted by Crippen LogP contribution is -2.30. The Morgan fingerprint density at radius 2 is 0.862 bits per heavy atom. The van der Waals surface area contributed by atoms with Gasteiger partial charge in [-0.05, 0) is 109 Å². The summed E-state index contributed by atoms with van der Waals surface area (Å²) in [5, 5.41) is 2.15. The summed E-state index contributed by atoms with van der Waals surface area (Å²) < 4.78 is 2.18. The summed E-state index contributed by atoms with van der Waals surface area (Å²) in [5.74, 6) is -0.678. The van der Waals surface area contributed by atoms with Crippen LogP contribution in [0.1, 0.15) is 43.0 Å². The number of carbonyl (C=O) groups is 2. The standard InChI is InChI=1S/C54H40N2O2/c1-33-21-25-41(35(3)29-33)39-23-27-48-46(31-39)47-32-40(42-26-22-34(2)30-36(42)4)24-28-49(47)55(48)50-20-12-19-45-51(50)54(58)56(53(45)57)52-43(37-13-7-5-8-14-37)17-11-18-44(52)38-15-9-6-10-16-38/h5-32H,1-4H3. The van der Waals surface area contributed by atoms with Crippen LogP contribution in [0.25, 0.3) is 72.0 Å². The summed E-state index contributed by atoms with van der Waals surface area (Å²) in [6, 6.07) is 58.0. The number of benzene rings is 8. The first kappa shape index (κ1) is 35.1. The zero-order chi connectivity index (χ0) is 39.7. The lowest BCUT2D eigenvalue weighted by atomic mass is 9.95. The van der Waals surface area contributed by atoms with E-state index in [1.165, 1.54) is 38.3 Å². The molecular formula is C54H40N2O2. The molecule has 4 heteroatoms. The number of aryl methyl sites for hydroxylation is 4. The molecule has 0 spiro atoms. The van der Waals surface area contributed by atoms with Crippen LogP contribution in [0.2, 0.25) is 0 Å². The summed E-state index contributed by atoms with van der Waals surface area (Å²) >= 11 is 0. The zero-order valence-electron chi connectivity index (χ0n) is 32.9. The van der Waals surface area contributed by atoms with Crippen molar-refractivity contribution in [1.82, 2.24) is 4.57 Å². The molecule has 0 atom stereocenters. The Bertz CT molecular complexity index is 2970. The maximum atomic E-state index is 15.3. The van der Waals surface area contributed by atoms with Crippen molar-refractivity contribution in [2.45, 2.75) is 27.7 Å². The molecule has 8 aromatic carbocycles. The van der Waals surface area contributed by atoms with Crippen LogP contribution in [-0.2, 0) is 0 Å². The Labute approximate surface area is 338 Å². The normalized spacial score (nSPS) is 12.5. The molecule has 58 heavy (non-hydrogen) atoms. The number of anilines is 1. The van der Waals surface area contributed by atoms with Crippen LogP contribution in [-0.4, -0.2) is 16.4 Å². The molecular weight excluding hydrogens is 709 g/mol. The van der Waals surface area contributed by atoms with Gasteiger partial charge in [-0.2, -0.15) is 0 Å². The molecule has 10 rings (SSSR count). The SMILES string of the molecule is Cc1ccc(-c2ccc3c(c2)c2cc(-c4ccc(C)cc4C)ccc2n3-c2cccc3c2C(=O)N(c2c(-c4ccccc4)cccc2-c2ccccc2)C3=O)c(C)c1. The van der Waals surface area contributed by atoms with Gasteiger partial charge in [0.2, 0.25) is 0 Å².